The number of hydrogen-bond acceptors (Lipinski definition) is 4. The maximum absolute atomic E-state index is 11.0. The predicted octanol–water partition coefficient (Wildman–Crippen LogP) is 1.93. The topological polar surface area (TPSA) is 78.4 Å². The summed E-state index contributed by atoms with van der Waals surface area (Å²) < 4.78 is 0. The molecule has 1 saturated carbocycles. The van der Waals surface area contributed by atoms with E-state index in [1.54, 1.807) is 12.1 Å². The summed E-state index contributed by atoms with van der Waals surface area (Å²) in [7, 11) is 0. The zero-order valence-corrected chi connectivity index (χ0v) is 11.0. The number of carbonyl (C=O) groups is 1. The van der Waals surface area contributed by atoms with Gasteiger partial charge in [-0.25, -0.2) is 4.79 Å². The highest BCUT2D eigenvalue weighted by Gasteiger charge is 2.44. The average Bonchev–Trinajstić information content (AvgIpc) is 2.94. The molecule has 0 radical (unpaired) electrons. The Morgan fingerprint density at radius 1 is 1.37 bits per heavy atom. The van der Waals surface area contributed by atoms with Crippen molar-refractivity contribution in [3.63, 3.8) is 0 Å². The lowest BCUT2D eigenvalue weighted by molar-refractivity contribution is 0.152. The summed E-state index contributed by atoms with van der Waals surface area (Å²) in [5.41, 5.74) is 0. The third-order valence-corrected chi connectivity index (χ3v) is 4.29. The van der Waals surface area contributed by atoms with Crippen LogP contribution in [-0.4, -0.2) is 45.4 Å². The number of likely N-dealkylation sites (tertiary alicyclic amines) is 1. The van der Waals surface area contributed by atoms with Crippen LogP contribution in [0.1, 0.15) is 12.8 Å². The second kappa shape index (κ2) is 4.85. The molecule has 2 fully saturated rings. The molecule has 2 N–H and O–H groups in total. The molecule has 0 spiro atoms. The molecule has 1 saturated heterocycles. The van der Waals surface area contributed by atoms with Crippen LogP contribution in [0.25, 0.3) is 0 Å². The minimum absolute atomic E-state index is 0.268. The fourth-order valence-electron chi connectivity index (χ4n) is 3.18. The van der Waals surface area contributed by atoms with E-state index in [0.717, 1.165) is 12.8 Å². The number of nitrogens with one attached hydrogen (secondary N) is 1. The highest BCUT2D eigenvalue weighted by atomic mass is 35.5. The molecule has 1 aliphatic carbocycles. The molecule has 3 atom stereocenters. The van der Waals surface area contributed by atoms with Crippen molar-refractivity contribution in [1.82, 2.24) is 15.1 Å². The molecular formula is C12H15ClN4O2. The van der Waals surface area contributed by atoms with Gasteiger partial charge in [-0.05, 0) is 30.9 Å². The maximum atomic E-state index is 11.0. The Morgan fingerprint density at radius 2 is 2.21 bits per heavy atom. The van der Waals surface area contributed by atoms with E-state index in [2.05, 4.69) is 15.5 Å². The summed E-state index contributed by atoms with van der Waals surface area (Å²) in [6.45, 7) is 1.27. The van der Waals surface area contributed by atoms with Crippen molar-refractivity contribution in [2.45, 2.75) is 18.9 Å². The number of aromatic nitrogens is 2. The third kappa shape index (κ3) is 2.45. The normalized spacial score (nSPS) is 29.3. The highest BCUT2D eigenvalue weighted by Crippen LogP contribution is 2.39. The Morgan fingerprint density at radius 3 is 2.89 bits per heavy atom. The van der Waals surface area contributed by atoms with Crippen LogP contribution in [0.3, 0.4) is 0 Å². The van der Waals surface area contributed by atoms with Gasteiger partial charge in [0.1, 0.15) is 5.82 Å². The molecule has 1 aliphatic heterocycles. The number of halogens is 1. The van der Waals surface area contributed by atoms with E-state index in [1.807, 2.05) is 0 Å². The average molecular weight is 283 g/mol. The molecule has 3 rings (SSSR count). The fourth-order valence-corrected chi connectivity index (χ4v) is 3.28. The fraction of sp³-hybridized carbons (Fsp3) is 0.583. The molecule has 1 aromatic heterocycles. The Hall–Kier alpha value is -1.56. The van der Waals surface area contributed by atoms with E-state index in [1.165, 1.54) is 4.90 Å². The number of carboxylic acid groups (broad SMARTS) is 1. The second-order valence-corrected chi connectivity index (χ2v) is 5.57. The van der Waals surface area contributed by atoms with E-state index in [4.69, 9.17) is 16.7 Å². The molecule has 0 aromatic carbocycles. The van der Waals surface area contributed by atoms with Gasteiger partial charge in [-0.15, -0.1) is 10.2 Å². The Kier molecular flexibility index (Phi) is 3.18. The van der Waals surface area contributed by atoms with Crippen LogP contribution in [0.15, 0.2) is 12.1 Å². The lowest BCUT2D eigenvalue weighted by Gasteiger charge is -2.20. The number of hydrogen-bond donors (Lipinski definition) is 2. The molecule has 6 nitrogen and oxygen atoms in total. The van der Waals surface area contributed by atoms with E-state index >= 15 is 0 Å². The standard InChI is InChI=1S/C12H15ClN4O2/c13-10-3-4-11(16-15-10)14-9-2-1-7-5-17(12(18)19)6-8(7)9/h3-4,7-9H,1-2,5-6H2,(H,14,16)(H,18,19)/t7-,8+,9+/m0/s1. The van der Waals surface area contributed by atoms with Gasteiger partial charge in [0, 0.05) is 25.0 Å². The van der Waals surface area contributed by atoms with E-state index in [0.29, 0.717) is 35.9 Å². The molecule has 1 amide bonds. The first-order valence-electron chi connectivity index (χ1n) is 6.37. The predicted molar refractivity (Wildman–Crippen MR) is 70.3 cm³/mol. The van der Waals surface area contributed by atoms with Crippen LogP contribution in [0.5, 0.6) is 0 Å². The van der Waals surface area contributed by atoms with Crippen molar-refractivity contribution >= 4 is 23.5 Å². The molecule has 2 aliphatic rings. The highest BCUT2D eigenvalue weighted by molar-refractivity contribution is 6.29. The van der Waals surface area contributed by atoms with Crippen LogP contribution in [-0.2, 0) is 0 Å². The van der Waals surface area contributed by atoms with Gasteiger partial charge in [-0.2, -0.15) is 0 Å². The van der Waals surface area contributed by atoms with Crippen molar-refractivity contribution in [3.8, 4) is 0 Å². The molecular weight excluding hydrogens is 268 g/mol. The quantitative estimate of drug-likeness (QED) is 0.866. The number of anilines is 1. The van der Waals surface area contributed by atoms with Crippen LogP contribution < -0.4 is 5.32 Å². The van der Waals surface area contributed by atoms with Crippen LogP contribution in [0.2, 0.25) is 5.15 Å². The van der Waals surface area contributed by atoms with Crippen LogP contribution in [0, 0.1) is 11.8 Å². The van der Waals surface area contributed by atoms with Gasteiger partial charge in [0.15, 0.2) is 5.15 Å². The summed E-state index contributed by atoms with van der Waals surface area (Å²) in [5, 5.41) is 20.5. The van der Waals surface area contributed by atoms with Gasteiger partial charge >= 0.3 is 6.09 Å². The minimum Gasteiger partial charge on any atom is -0.465 e. The van der Waals surface area contributed by atoms with Gasteiger partial charge in [-0.1, -0.05) is 11.6 Å². The summed E-state index contributed by atoms with van der Waals surface area (Å²) in [4.78, 5) is 12.5. The zero-order chi connectivity index (χ0) is 13.4. The van der Waals surface area contributed by atoms with Gasteiger partial charge in [0.05, 0.1) is 0 Å². The van der Waals surface area contributed by atoms with Crippen molar-refractivity contribution in [1.29, 1.82) is 0 Å². The Labute approximate surface area is 115 Å². The van der Waals surface area contributed by atoms with Gasteiger partial charge < -0.3 is 15.3 Å². The van der Waals surface area contributed by atoms with Crippen molar-refractivity contribution in [2.24, 2.45) is 11.8 Å². The molecule has 0 bridgehead atoms. The first-order valence-corrected chi connectivity index (χ1v) is 6.75. The largest absolute Gasteiger partial charge is 0.465 e. The van der Waals surface area contributed by atoms with Crippen molar-refractivity contribution < 1.29 is 9.90 Å². The van der Waals surface area contributed by atoms with Gasteiger partial charge in [-0.3, -0.25) is 0 Å². The Balaban J connectivity index is 1.66. The van der Waals surface area contributed by atoms with E-state index in [-0.39, 0.29) is 6.04 Å². The van der Waals surface area contributed by atoms with E-state index < -0.39 is 6.09 Å². The first kappa shape index (κ1) is 12.5. The summed E-state index contributed by atoms with van der Waals surface area (Å²) in [6, 6.07) is 3.76. The number of fused-ring (bicyclic) bond motifs is 1. The molecule has 19 heavy (non-hydrogen) atoms. The smallest absolute Gasteiger partial charge is 0.407 e. The van der Waals surface area contributed by atoms with Crippen LogP contribution in [0.4, 0.5) is 10.6 Å². The third-order valence-electron chi connectivity index (χ3n) is 4.09. The van der Waals surface area contributed by atoms with Gasteiger partial charge in [0.2, 0.25) is 0 Å². The van der Waals surface area contributed by atoms with Gasteiger partial charge in [0.25, 0.3) is 0 Å². The lowest BCUT2D eigenvalue weighted by atomic mass is 9.98. The monoisotopic (exact) mass is 282 g/mol. The maximum Gasteiger partial charge on any atom is 0.407 e. The Bertz CT molecular complexity index is 481. The van der Waals surface area contributed by atoms with Crippen molar-refractivity contribution in [2.75, 3.05) is 18.4 Å². The first-order chi connectivity index (χ1) is 9.13. The number of rotatable bonds is 2. The lowest BCUT2D eigenvalue weighted by Crippen LogP contribution is -2.32. The molecule has 102 valence electrons. The summed E-state index contributed by atoms with van der Waals surface area (Å²) in [6.07, 6.45) is 1.29. The van der Waals surface area contributed by atoms with Crippen molar-refractivity contribution in [3.05, 3.63) is 17.3 Å². The molecule has 1 aromatic rings. The number of nitrogens with zero attached hydrogens (tertiary/aromatic N) is 3. The van der Waals surface area contributed by atoms with E-state index in [9.17, 15) is 4.79 Å². The summed E-state index contributed by atoms with van der Waals surface area (Å²) in [5.74, 6) is 1.53. The SMILES string of the molecule is O=C(O)N1C[C@@H]2CC[C@@H](Nc3ccc(Cl)nn3)[C@@H]2C1. The second-order valence-electron chi connectivity index (χ2n) is 5.18. The summed E-state index contributed by atoms with van der Waals surface area (Å²) >= 11 is 5.70. The number of amides is 1. The zero-order valence-electron chi connectivity index (χ0n) is 10.3. The van der Waals surface area contributed by atoms with Crippen LogP contribution >= 0.6 is 11.6 Å². The molecule has 7 heteroatoms. The molecule has 0 unspecified atom stereocenters. The minimum atomic E-state index is -0.820. The molecule has 2 heterocycles.